The topological polar surface area (TPSA) is 92.0 Å². The number of carbonyl (C=O) groups is 2. The number of ether oxygens (including phenoxy) is 1. The fourth-order valence-electron chi connectivity index (χ4n) is 6.21. The molecule has 0 spiro atoms. The van der Waals surface area contributed by atoms with E-state index in [-0.39, 0.29) is 17.9 Å². The third-order valence-corrected chi connectivity index (χ3v) is 8.25. The summed E-state index contributed by atoms with van der Waals surface area (Å²) in [6.45, 7) is 5.83. The van der Waals surface area contributed by atoms with Gasteiger partial charge < -0.3 is 24.5 Å². The molecule has 2 heterocycles. The number of likely N-dealkylation sites (tertiary alicyclic amines) is 1. The van der Waals surface area contributed by atoms with Crippen molar-refractivity contribution >= 4 is 18.0 Å². The van der Waals surface area contributed by atoms with Crippen molar-refractivity contribution in [1.29, 1.82) is 0 Å². The number of esters is 1. The summed E-state index contributed by atoms with van der Waals surface area (Å²) in [6.07, 6.45) is 10.2. The largest absolute Gasteiger partial charge is 0.469 e. The van der Waals surface area contributed by atoms with Gasteiger partial charge in [-0.1, -0.05) is 12.1 Å². The van der Waals surface area contributed by atoms with E-state index in [1.807, 2.05) is 31.2 Å². The highest BCUT2D eigenvalue weighted by Crippen LogP contribution is 2.52. The Labute approximate surface area is 212 Å². The number of carbonyl (C=O) groups excluding carboxylic acids is 2. The van der Waals surface area contributed by atoms with Gasteiger partial charge in [0.1, 0.15) is 11.5 Å². The number of amides is 1. The minimum absolute atomic E-state index is 0.0692. The van der Waals surface area contributed by atoms with E-state index in [0.29, 0.717) is 31.6 Å². The molecule has 7 nitrogen and oxygen atoms in total. The molecule has 0 unspecified atom stereocenters. The minimum Gasteiger partial charge on any atom is -0.469 e. The number of aryl methyl sites for hydroxylation is 1. The van der Waals surface area contributed by atoms with Gasteiger partial charge in [0.2, 0.25) is 5.91 Å². The van der Waals surface area contributed by atoms with Gasteiger partial charge in [0.15, 0.2) is 0 Å². The highest BCUT2D eigenvalue weighted by atomic mass is 16.5. The van der Waals surface area contributed by atoms with Crippen LogP contribution >= 0.6 is 0 Å². The number of hydrogen-bond acceptors (Lipinski definition) is 6. The van der Waals surface area contributed by atoms with Gasteiger partial charge in [-0.25, -0.2) is 0 Å². The van der Waals surface area contributed by atoms with Crippen LogP contribution in [-0.2, 0) is 15.0 Å². The van der Waals surface area contributed by atoms with Crippen molar-refractivity contribution in [1.82, 2.24) is 10.2 Å². The Morgan fingerprint density at radius 1 is 1.25 bits per heavy atom. The lowest BCUT2D eigenvalue weighted by atomic mass is 9.55. The molecule has 7 heteroatoms. The third kappa shape index (κ3) is 5.13. The molecule has 3 atom stereocenters. The maximum atomic E-state index is 12.8. The number of fused-ring (bicyclic) bond motifs is 1. The first kappa shape index (κ1) is 24.8. The molecular formula is C29H36N2O5. The second-order valence-corrected chi connectivity index (χ2v) is 10.9. The summed E-state index contributed by atoms with van der Waals surface area (Å²) in [6, 6.07) is 9.35. The quantitative estimate of drug-likeness (QED) is 0.345. The number of furan rings is 1. The van der Waals surface area contributed by atoms with E-state index in [4.69, 9.17) is 9.15 Å². The Morgan fingerprint density at radius 2 is 2.08 bits per heavy atom. The number of aliphatic hydroxyl groups is 1. The zero-order chi connectivity index (χ0) is 25.3. The molecule has 0 bridgehead atoms. The average molecular weight is 493 g/mol. The van der Waals surface area contributed by atoms with Gasteiger partial charge in [-0.05, 0) is 87.7 Å². The van der Waals surface area contributed by atoms with Crippen LogP contribution in [0.2, 0.25) is 0 Å². The monoisotopic (exact) mass is 492 g/mol. The van der Waals surface area contributed by atoms with Gasteiger partial charge >= 0.3 is 5.97 Å². The molecule has 0 radical (unpaired) electrons. The lowest BCUT2D eigenvalue weighted by molar-refractivity contribution is -0.133. The summed E-state index contributed by atoms with van der Waals surface area (Å²) in [7, 11) is 0. The molecule has 1 aromatic heterocycles. The van der Waals surface area contributed by atoms with E-state index in [1.165, 1.54) is 19.8 Å². The molecule has 2 N–H and O–H groups in total. The van der Waals surface area contributed by atoms with Crippen LogP contribution in [0.5, 0.6) is 5.75 Å². The summed E-state index contributed by atoms with van der Waals surface area (Å²) in [5, 5.41) is 15.4. The predicted octanol–water partition coefficient (Wildman–Crippen LogP) is 3.98. The summed E-state index contributed by atoms with van der Waals surface area (Å²) in [5.74, 6) is 1.50. The maximum absolute atomic E-state index is 12.8. The molecule has 1 aromatic carbocycles. The molecule has 3 aliphatic rings. The second kappa shape index (κ2) is 9.87. The van der Waals surface area contributed by atoms with Crippen molar-refractivity contribution in [3.8, 4) is 5.75 Å². The van der Waals surface area contributed by atoms with Crippen LogP contribution in [0.1, 0.15) is 62.3 Å². The molecule has 5 rings (SSSR count). The number of piperidine rings is 1. The van der Waals surface area contributed by atoms with Crippen LogP contribution in [0, 0.1) is 12.8 Å². The zero-order valence-corrected chi connectivity index (χ0v) is 21.2. The predicted molar refractivity (Wildman–Crippen MR) is 136 cm³/mol. The molecule has 2 aliphatic carbocycles. The number of nitrogens with zero attached hydrogens (tertiary/aromatic N) is 1. The van der Waals surface area contributed by atoms with Gasteiger partial charge in [0, 0.05) is 43.1 Å². The highest BCUT2D eigenvalue weighted by molar-refractivity contribution is 5.92. The van der Waals surface area contributed by atoms with E-state index >= 15 is 0 Å². The molecular weight excluding hydrogens is 456 g/mol. The SMILES string of the molecule is CC(=O)Oc1cccc([C@@]23CCN(CC4CC4)C[C@@]2(O)CC[C@@H](NC(=O)C=Cc2ccoc2C)C3)c1. The Hall–Kier alpha value is -2.90. The first-order valence-electron chi connectivity index (χ1n) is 13.0. The number of benzene rings is 1. The van der Waals surface area contributed by atoms with Crippen molar-refractivity contribution < 1.29 is 23.8 Å². The number of nitrogens with one attached hydrogen (secondary N) is 1. The summed E-state index contributed by atoms with van der Waals surface area (Å²) < 4.78 is 10.7. The fourth-order valence-corrected chi connectivity index (χ4v) is 6.21. The van der Waals surface area contributed by atoms with Crippen molar-refractivity contribution in [2.75, 3.05) is 19.6 Å². The van der Waals surface area contributed by atoms with Gasteiger partial charge in [-0.15, -0.1) is 0 Å². The summed E-state index contributed by atoms with van der Waals surface area (Å²) in [5.41, 5.74) is 0.396. The Kier molecular flexibility index (Phi) is 6.79. The first-order chi connectivity index (χ1) is 17.3. The van der Waals surface area contributed by atoms with Crippen LogP contribution in [0.15, 0.2) is 47.1 Å². The Morgan fingerprint density at radius 3 is 2.81 bits per heavy atom. The standard InChI is InChI=1S/C29H36N2O5/c1-20-23(11-15-35-20)8-9-27(33)30-25-10-12-29(34)19-31(18-22-6-7-22)14-13-28(29,17-25)24-4-3-5-26(16-24)36-21(2)32/h3-5,8-9,11,15-16,22,25,34H,6-7,10,12-14,17-19H2,1-2H3,(H,30,33)/t25-,28+,29+/m1/s1. The first-order valence-corrected chi connectivity index (χ1v) is 13.0. The average Bonchev–Trinajstić information content (AvgIpc) is 3.55. The van der Waals surface area contributed by atoms with Crippen molar-refractivity contribution in [2.24, 2.45) is 5.92 Å². The lowest BCUT2D eigenvalue weighted by Crippen LogP contribution is -2.67. The zero-order valence-electron chi connectivity index (χ0n) is 21.2. The van der Waals surface area contributed by atoms with Gasteiger partial charge in [-0.2, -0.15) is 0 Å². The Balaban J connectivity index is 1.39. The fraction of sp³-hybridized carbons (Fsp3) is 0.517. The molecule has 192 valence electrons. The van der Waals surface area contributed by atoms with E-state index < -0.39 is 11.0 Å². The van der Waals surface area contributed by atoms with Gasteiger partial charge in [-0.3, -0.25) is 9.59 Å². The van der Waals surface area contributed by atoms with Crippen molar-refractivity contribution in [3.63, 3.8) is 0 Å². The van der Waals surface area contributed by atoms with Crippen LogP contribution in [0.4, 0.5) is 0 Å². The molecule has 1 saturated heterocycles. The summed E-state index contributed by atoms with van der Waals surface area (Å²) >= 11 is 0. The van der Waals surface area contributed by atoms with E-state index in [0.717, 1.165) is 42.3 Å². The smallest absolute Gasteiger partial charge is 0.308 e. The molecule has 2 saturated carbocycles. The van der Waals surface area contributed by atoms with Crippen molar-refractivity contribution in [2.45, 2.75) is 69.4 Å². The number of rotatable bonds is 7. The second-order valence-electron chi connectivity index (χ2n) is 10.9. The van der Waals surface area contributed by atoms with Crippen LogP contribution in [0.25, 0.3) is 6.08 Å². The third-order valence-electron chi connectivity index (χ3n) is 8.25. The van der Waals surface area contributed by atoms with Gasteiger partial charge in [0.05, 0.1) is 11.9 Å². The minimum atomic E-state index is -0.917. The molecule has 1 aliphatic heterocycles. The highest BCUT2D eigenvalue weighted by Gasteiger charge is 2.57. The Bertz CT molecular complexity index is 1150. The summed E-state index contributed by atoms with van der Waals surface area (Å²) in [4.78, 5) is 26.8. The normalized spacial score (nSPS) is 28.6. The van der Waals surface area contributed by atoms with E-state index in [9.17, 15) is 14.7 Å². The van der Waals surface area contributed by atoms with Crippen LogP contribution in [0.3, 0.4) is 0 Å². The van der Waals surface area contributed by atoms with E-state index in [1.54, 1.807) is 24.5 Å². The molecule has 3 fully saturated rings. The molecule has 1 amide bonds. The number of hydrogen-bond donors (Lipinski definition) is 2. The maximum Gasteiger partial charge on any atom is 0.308 e. The van der Waals surface area contributed by atoms with Crippen molar-refractivity contribution in [3.05, 3.63) is 59.6 Å². The van der Waals surface area contributed by atoms with E-state index in [2.05, 4.69) is 10.2 Å². The van der Waals surface area contributed by atoms with Crippen LogP contribution in [-0.4, -0.2) is 53.2 Å². The number of β-amino-alcohol motifs (C(OH)–C–C–N with tert-alkyl or cyclic N) is 1. The van der Waals surface area contributed by atoms with Gasteiger partial charge in [0.25, 0.3) is 0 Å². The van der Waals surface area contributed by atoms with Crippen LogP contribution < -0.4 is 10.1 Å². The lowest BCUT2D eigenvalue weighted by Gasteiger charge is -2.58. The molecule has 36 heavy (non-hydrogen) atoms. The molecule has 2 aromatic rings.